The van der Waals surface area contributed by atoms with Gasteiger partial charge in [0, 0.05) is 17.7 Å². The number of hydrogen-bond donors (Lipinski definition) is 1. The van der Waals surface area contributed by atoms with Gasteiger partial charge in [-0.05, 0) is 30.7 Å². The lowest BCUT2D eigenvalue weighted by Crippen LogP contribution is -2.23. The van der Waals surface area contributed by atoms with E-state index >= 15 is 0 Å². The van der Waals surface area contributed by atoms with Crippen LogP contribution in [-0.4, -0.2) is 31.7 Å². The maximum absolute atomic E-state index is 11.8. The van der Waals surface area contributed by atoms with Crippen LogP contribution in [0.4, 0.5) is 11.4 Å². The van der Waals surface area contributed by atoms with E-state index < -0.39 is 15.8 Å². The van der Waals surface area contributed by atoms with Crippen LogP contribution in [0.5, 0.6) is 0 Å². The molecule has 29 heavy (non-hydrogen) atoms. The smallest absolute Gasteiger partial charge is 0.307 e. The number of hydrazone groups is 1. The summed E-state index contributed by atoms with van der Waals surface area (Å²) in [5, 5.41) is 28.9. The molecule has 12 heteroatoms. The van der Waals surface area contributed by atoms with E-state index in [0.717, 1.165) is 17.1 Å². The molecule has 0 aliphatic carbocycles. The van der Waals surface area contributed by atoms with Crippen LogP contribution < -0.4 is 5.43 Å². The molecule has 0 atom stereocenters. The highest BCUT2D eigenvalue weighted by Gasteiger charge is 2.13. The van der Waals surface area contributed by atoms with Crippen LogP contribution in [0.3, 0.4) is 0 Å². The second kappa shape index (κ2) is 8.12. The number of benzene rings is 1. The molecule has 0 saturated heterocycles. The number of nitrogens with one attached hydrogen (secondary N) is 1. The van der Waals surface area contributed by atoms with Crippen molar-refractivity contribution in [3.63, 3.8) is 0 Å². The van der Waals surface area contributed by atoms with Gasteiger partial charge in [-0.15, -0.1) is 0 Å². The van der Waals surface area contributed by atoms with Crippen molar-refractivity contribution in [2.24, 2.45) is 5.10 Å². The van der Waals surface area contributed by atoms with E-state index in [2.05, 4.69) is 15.6 Å². The van der Waals surface area contributed by atoms with Gasteiger partial charge < -0.3 is 4.42 Å². The molecule has 3 aromatic rings. The minimum atomic E-state index is -0.610. The average molecular weight is 398 g/mol. The lowest BCUT2D eigenvalue weighted by molar-refractivity contribution is -0.385. The summed E-state index contributed by atoms with van der Waals surface area (Å²) in [5.74, 6) is 0.319. The number of nitro groups is 2. The van der Waals surface area contributed by atoms with Gasteiger partial charge in [0.1, 0.15) is 30.5 Å². The monoisotopic (exact) mass is 398 g/mol. The Morgan fingerprint density at radius 1 is 1.24 bits per heavy atom. The molecule has 0 bridgehead atoms. The predicted octanol–water partition coefficient (Wildman–Crippen LogP) is 2.42. The van der Waals surface area contributed by atoms with E-state index in [9.17, 15) is 25.0 Å². The summed E-state index contributed by atoms with van der Waals surface area (Å²) >= 11 is 0. The highest BCUT2D eigenvalue weighted by atomic mass is 16.6. The van der Waals surface area contributed by atoms with E-state index in [1.54, 1.807) is 25.1 Å². The first-order valence-corrected chi connectivity index (χ1v) is 8.17. The average Bonchev–Trinajstić information content (AvgIpc) is 3.31. The van der Waals surface area contributed by atoms with Crippen molar-refractivity contribution in [1.82, 2.24) is 15.2 Å². The molecule has 2 heterocycles. The van der Waals surface area contributed by atoms with Crippen LogP contribution in [0, 0.1) is 27.2 Å². The molecule has 148 valence electrons. The quantitative estimate of drug-likeness (QED) is 0.363. The molecule has 3 rings (SSSR count). The number of nitro benzene ring substituents is 1. The summed E-state index contributed by atoms with van der Waals surface area (Å²) in [7, 11) is 0. The summed E-state index contributed by atoms with van der Waals surface area (Å²) in [6.45, 7) is 1.50. The van der Waals surface area contributed by atoms with Crippen LogP contribution in [0.25, 0.3) is 11.3 Å². The highest BCUT2D eigenvalue weighted by Crippen LogP contribution is 2.28. The second-order valence-corrected chi connectivity index (χ2v) is 5.90. The van der Waals surface area contributed by atoms with Gasteiger partial charge in [0.2, 0.25) is 0 Å². The van der Waals surface area contributed by atoms with Crippen LogP contribution in [0.2, 0.25) is 0 Å². The van der Waals surface area contributed by atoms with Gasteiger partial charge in [-0.3, -0.25) is 29.7 Å². The number of non-ortho nitro benzene ring substituents is 1. The molecule has 0 aliphatic heterocycles. The molecule has 0 spiro atoms. The third kappa shape index (κ3) is 4.68. The van der Waals surface area contributed by atoms with E-state index in [4.69, 9.17) is 4.42 Å². The molecule has 1 amide bonds. The van der Waals surface area contributed by atoms with Crippen molar-refractivity contribution in [3.8, 4) is 11.3 Å². The Morgan fingerprint density at radius 3 is 2.66 bits per heavy atom. The van der Waals surface area contributed by atoms with Crippen molar-refractivity contribution in [1.29, 1.82) is 0 Å². The standard InChI is InChI=1S/C17H14N6O6/c1-11-6-12(22(25)26)2-4-15(11)16-5-3-14(29-16)8-18-20-17(24)10-21-9-13(7-19-21)23(27)28/h2-9H,10H2,1H3,(H,20,24)/b18-8+. The summed E-state index contributed by atoms with van der Waals surface area (Å²) in [6, 6.07) is 7.74. The minimum Gasteiger partial charge on any atom is -0.455 e. The maximum atomic E-state index is 11.8. The first-order chi connectivity index (χ1) is 13.8. The Balaban J connectivity index is 1.61. The van der Waals surface area contributed by atoms with Gasteiger partial charge in [-0.2, -0.15) is 10.2 Å². The van der Waals surface area contributed by atoms with Crippen LogP contribution in [-0.2, 0) is 11.3 Å². The molecule has 0 unspecified atom stereocenters. The summed E-state index contributed by atoms with van der Waals surface area (Å²) in [5.41, 5.74) is 3.41. The Labute approximate surface area is 162 Å². The molecule has 0 radical (unpaired) electrons. The van der Waals surface area contributed by atoms with Gasteiger partial charge in [0.15, 0.2) is 0 Å². The fraction of sp³-hybridized carbons (Fsp3) is 0.118. The minimum absolute atomic E-state index is 0.00943. The lowest BCUT2D eigenvalue weighted by atomic mass is 10.1. The molecule has 1 aromatic carbocycles. The number of amides is 1. The first-order valence-electron chi connectivity index (χ1n) is 8.17. The molecule has 0 aliphatic rings. The Bertz CT molecular complexity index is 1120. The van der Waals surface area contributed by atoms with Crippen molar-refractivity contribution in [3.05, 3.63) is 74.3 Å². The van der Waals surface area contributed by atoms with Gasteiger partial charge in [0.25, 0.3) is 11.6 Å². The molecular formula is C17H14N6O6. The summed E-state index contributed by atoms with van der Waals surface area (Å²) in [6.07, 6.45) is 3.46. The van der Waals surface area contributed by atoms with Gasteiger partial charge in [0.05, 0.1) is 16.1 Å². The molecule has 0 fully saturated rings. The number of aryl methyl sites for hydroxylation is 1. The largest absolute Gasteiger partial charge is 0.455 e. The number of furan rings is 1. The van der Waals surface area contributed by atoms with Crippen LogP contribution >= 0.6 is 0 Å². The number of aromatic nitrogens is 2. The number of rotatable bonds is 7. The Kier molecular flexibility index (Phi) is 5.44. The lowest BCUT2D eigenvalue weighted by Gasteiger charge is -2.02. The van der Waals surface area contributed by atoms with Gasteiger partial charge in [-0.1, -0.05) is 0 Å². The molecule has 12 nitrogen and oxygen atoms in total. The third-order valence-electron chi connectivity index (χ3n) is 3.83. The van der Waals surface area contributed by atoms with E-state index in [1.807, 2.05) is 0 Å². The maximum Gasteiger partial charge on any atom is 0.307 e. The fourth-order valence-electron chi connectivity index (χ4n) is 2.49. The molecule has 2 aromatic heterocycles. The van der Waals surface area contributed by atoms with Crippen molar-refractivity contribution in [2.75, 3.05) is 0 Å². The Morgan fingerprint density at radius 2 is 2.00 bits per heavy atom. The van der Waals surface area contributed by atoms with Gasteiger partial charge in [-0.25, -0.2) is 5.43 Å². The number of nitrogens with zero attached hydrogens (tertiary/aromatic N) is 5. The zero-order valence-electron chi connectivity index (χ0n) is 15.0. The fourth-order valence-corrected chi connectivity index (χ4v) is 2.49. The van der Waals surface area contributed by atoms with Crippen LogP contribution in [0.15, 0.2) is 52.2 Å². The van der Waals surface area contributed by atoms with E-state index in [-0.39, 0.29) is 17.9 Å². The number of carbonyl (C=O) groups excluding carboxylic acids is 1. The summed E-state index contributed by atoms with van der Waals surface area (Å²) in [4.78, 5) is 32.1. The topological polar surface area (TPSA) is 159 Å². The molecule has 0 saturated carbocycles. The number of hydrogen-bond acceptors (Lipinski definition) is 8. The molecular weight excluding hydrogens is 384 g/mol. The van der Waals surface area contributed by atoms with Crippen LogP contribution in [0.1, 0.15) is 11.3 Å². The van der Waals surface area contributed by atoms with Crippen molar-refractivity contribution >= 4 is 23.5 Å². The Hall–Kier alpha value is -4.35. The highest BCUT2D eigenvalue weighted by molar-refractivity contribution is 5.81. The van der Waals surface area contributed by atoms with E-state index in [0.29, 0.717) is 22.6 Å². The zero-order valence-corrected chi connectivity index (χ0v) is 15.0. The third-order valence-corrected chi connectivity index (χ3v) is 3.83. The SMILES string of the molecule is Cc1cc([N+](=O)[O-])ccc1-c1ccc(/C=N/NC(=O)Cn2cc([N+](=O)[O-])cn2)o1. The van der Waals surface area contributed by atoms with Crippen molar-refractivity contribution < 1.29 is 19.1 Å². The van der Waals surface area contributed by atoms with E-state index in [1.165, 1.54) is 18.3 Å². The summed E-state index contributed by atoms with van der Waals surface area (Å²) < 4.78 is 6.73. The van der Waals surface area contributed by atoms with Crippen molar-refractivity contribution in [2.45, 2.75) is 13.5 Å². The first kappa shape index (κ1) is 19.4. The predicted molar refractivity (Wildman–Crippen MR) is 100 cm³/mol. The van der Waals surface area contributed by atoms with Gasteiger partial charge >= 0.3 is 5.69 Å². The second-order valence-electron chi connectivity index (χ2n) is 5.90. The molecule has 1 N–H and O–H groups in total. The number of carbonyl (C=O) groups is 1. The normalized spacial score (nSPS) is 10.9. The zero-order chi connectivity index (χ0) is 21.0.